The normalized spacial score (nSPS) is 10.6. The van der Waals surface area contributed by atoms with Crippen LogP contribution in [0.4, 0.5) is 4.39 Å². The zero-order chi connectivity index (χ0) is 17.8. The number of aryl methyl sites for hydroxylation is 1. The van der Waals surface area contributed by atoms with Crippen molar-refractivity contribution in [2.45, 2.75) is 13.3 Å². The molecule has 0 aliphatic carbocycles. The number of rotatable bonds is 5. The number of halogens is 1. The number of hydrogen-bond donors (Lipinski definition) is 0. The molecule has 0 fully saturated rings. The molecule has 0 spiro atoms. The van der Waals surface area contributed by atoms with Crippen molar-refractivity contribution in [2.24, 2.45) is 0 Å². The maximum Gasteiger partial charge on any atom is 0.349 e. The minimum Gasteiger partial charge on any atom is -0.479 e. The maximum absolute atomic E-state index is 13.4. The van der Waals surface area contributed by atoms with Crippen molar-refractivity contribution in [1.82, 2.24) is 0 Å². The van der Waals surface area contributed by atoms with Gasteiger partial charge in [0.15, 0.2) is 18.2 Å². The van der Waals surface area contributed by atoms with Gasteiger partial charge in [0.25, 0.3) is 0 Å². The van der Waals surface area contributed by atoms with Gasteiger partial charge in [0.2, 0.25) is 0 Å². The summed E-state index contributed by atoms with van der Waals surface area (Å²) in [6.07, 6.45) is 0.678. The summed E-state index contributed by atoms with van der Waals surface area (Å²) in [6.45, 7) is 1.49. The minimum atomic E-state index is -0.698. The summed E-state index contributed by atoms with van der Waals surface area (Å²) in [5.74, 6) is -1.07. The highest BCUT2D eigenvalue weighted by atomic mass is 19.1. The summed E-state index contributed by atoms with van der Waals surface area (Å²) in [5, 5.41) is 0.782. The predicted molar refractivity (Wildman–Crippen MR) is 89.4 cm³/mol. The van der Waals surface area contributed by atoms with E-state index in [9.17, 15) is 14.0 Å². The Morgan fingerprint density at radius 1 is 1.16 bits per heavy atom. The molecule has 6 heteroatoms. The van der Waals surface area contributed by atoms with Gasteiger partial charge >= 0.3 is 11.6 Å². The van der Waals surface area contributed by atoms with Gasteiger partial charge < -0.3 is 13.9 Å². The third-order valence-corrected chi connectivity index (χ3v) is 3.60. The van der Waals surface area contributed by atoms with Gasteiger partial charge in [0.05, 0.1) is 0 Å². The summed E-state index contributed by atoms with van der Waals surface area (Å²) < 4.78 is 28.8. The van der Waals surface area contributed by atoms with Crippen molar-refractivity contribution in [3.63, 3.8) is 0 Å². The molecular formula is C19H15FO5. The van der Waals surface area contributed by atoms with E-state index in [0.29, 0.717) is 12.0 Å². The molecule has 0 amide bonds. The number of esters is 1. The first-order valence-electron chi connectivity index (χ1n) is 7.71. The van der Waals surface area contributed by atoms with E-state index in [4.69, 9.17) is 13.9 Å². The van der Waals surface area contributed by atoms with Crippen LogP contribution in [0.3, 0.4) is 0 Å². The number of fused-ring (bicyclic) bond motifs is 1. The zero-order valence-corrected chi connectivity index (χ0v) is 13.5. The second-order valence-corrected chi connectivity index (χ2v) is 5.30. The number of hydrogen-bond acceptors (Lipinski definition) is 5. The summed E-state index contributed by atoms with van der Waals surface area (Å²) in [6, 6.07) is 12.0. The van der Waals surface area contributed by atoms with Crippen LogP contribution >= 0.6 is 0 Å². The second-order valence-electron chi connectivity index (χ2n) is 5.30. The molecule has 25 heavy (non-hydrogen) atoms. The van der Waals surface area contributed by atoms with Crippen molar-refractivity contribution < 1.29 is 23.1 Å². The Kier molecular flexibility index (Phi) is 4.79. The van der Waals surface area contributed by atoms with Gasteiger partial charge in [-0.2, -0.15) is 0 Å². The molecule has 5 nitrogen and oxygen atoms in total. The number of para-hydroxylation sites is 1. The van der Waals surface area contributed by atoms with E-state index in [1.807, 2.05) is 6.92 Å². The topological polar surface area (TPSA) is 65.7 Å². The lowest BCUT2D eigenvalue weighted by atomic mass is 10.1. The highest BCUT2D eigenvalue weighted by molar-refractivity contribution is 5.83. The molecule has 0 N–H and O–H groups in total. The summed E-state index contributed by atoms with van der Waals surface area (Å²) in [7, 11) is 0. The average Bonchev–Trinajstić information content (AvgIpc) is 2.60. The van der Waals surface area contributed by atoms with Crippen LogP contribution in [-0.4, -0.2) is 12.6 Å². The maximum atomic E-state index is 13.4. The molecule has 0 radical (unpaired) electrons. The highest BCUT2D eigenvalue weighted by Crippen LogP contribution is 2.23. The highest BCUT2D eigenvalue weighted by Gasteiger charge is 2.11. The molecule has 3 rings (SSSR count). The summed E-state index contributed by atoms with van der Waals surface area (Å²) in [5.41, 5.74) is 0.729. The van der Waals surface area contributed by atoms with Crippen LogP contribution in [0.2, 0.25) is 0 Å². The molecule has 0 saturated carbocycles. The molecule has 1 heterocycles. The Hall–Kier alpha value is -3.15. The Bertz CT molecular complexity index is 977. The molecule has 0 bridgehead atoms. The van der Waals surface area contributed by atoms with Crippen LogP contribution in [0, 0.1) is 5.82 Å². The van der Waals surface area contributed by atoms with Crippen LogP contribution < -0.4 is 15.1 Å². The first kappa shape index (κ1) is 16.7. The summed E-state index contributed by atoms with van der Waals surface area (Å²) >= 11 is 0. The van der Waals surface area contributed by atoms with Crippen molar-refractivity contribution in [3.8, 4) is 11.5 Å². The lowest BCUT2D eigenvalue weighted by Gasteiger charge is -2.08. The van der Waals surface area contributed by atoms with Crippen molar-refractivity contribution >= 4 is 16.9 Å². The number of benzene rings is 2. The van der Waals surface area contributed by atoms with E-state index in [1.165, 1.54) is 30.3 Å². The van der Waals surface area contributed by atoms with Crippen LogP contribution in [0.25, 0.3) is 11.0 Å². The number of carbonyl (C=O) groups is 1. The van der Waals surface area contributed by atoms with Crippen molar-refractivity contribution in [2.75, 3.05) is 6.61 Å². The lowest BCUT2D eigenvalue weighted by molar-refractivity contribution is -0.136. The first-order chi connectivity index (χ1) is 12.1. The van der Waals surface area contributed by atoms with Crippen LogP contribution in [0.1, 0.15) is 12.5 Å². The fraction of sp³-hybridized carbons (Fsp3) is 0.158. The van der Waals surface area contributed by atoms with E-state index in [1.54, 1.807) is 18.2 Å². The molecule has 3 aromatic rings. The molecule has 1 aromatic heterocycles. The second kappa shape index (κ2) is 7.17. The number of carbonyl (C=O) groups excluding carboxylic acids is 1. The molecule has 0 aliphatic rings. The minimum absolute atomic E-state index is 0.0310. The third-order valence-electron chi connectivity index (χ3n) is 3.60. The Morgan fingerprint density at radius 2 is 1.96 bits per heavy atom. The van der Waals surface area contributed by atoms with Gasteiger partial charge in [0, 0.05) is 17.5 Å². The van der Waals surface area contributed by atoms with E-state index < -0.39 is 24.0 Å². The average molecular weight is 342 g/mol. The quantitative estimate of drug-likeness (QED) is 0.403. The fourth-order valence-electron chi connectivity index (χ4n) is 2.43. The van der Waals surface area contributed by atoms with Gasteiger partial charge in [-0.05, 0) is 36.2 Å². The molecule has 128 valence electrons. The Morgan fingerprint density at radius 3 is 2.72 bits per heavy atom. The van der Waals surface area contributed by atoms with E-state index >= 15 is 0 Å². The fourth-order valence-corrected chi connectivity index (χ4v) is 2.43. The zero-order valence-electron chi connectivity index (χ0n) is 13.5. The molecule has 0 unspecified atom stereocenters. The van der Waals surface area contributed by atoms with Gasteiger partial charge in [-0.1, -0.05) is 19.1 Å². The van der Waals surface area contributed by atoms with Crippen LogP contribution in [0.15, 0.2) is 57.7 Å². The van der Waals surface area contributed by atoms with Crippen molar-refractivity contribution in [1.29, 1.82) is 0 Å². The monoisotopic (exact) mass is 342 g/mol. The van der Waals surface area contributed by atoms with E-state index in [-0.39, 0.29) is 11.5 Å². The first-order valence-corrected chi connectivity index (χ1v) is 7.71. The standard InChI is InChI=1S/C19H15FO5/c1-2-12-9-18(21)25-17-10-13(7-8-14(12)17)24-19(22)11-23-16-6-4-3-5-15(16)20/h3-10H,2,11H2,1H3. The molecule has 2 aromatic carbocycles. The van der Waals surface area contributed by atoms with Crippen LogP contribution in [-0.2, 0) is 11.2 Å². The van der Waals surface area contributed by atoms with Gasteiger partial charge in [-0.15, -0.1) is 0 Å². The summed E-state index contributed by atoms with van der Waals surface area (Å²) in [4.78, 5) is 23.4. The van der Waals surface area contributed by atoms with Gasteiger partial charge in [-0.25, -0.2) is 14.0 Å². The molecule has 0 atom stereocenters. The number of ether oxygens (including phenoxy) is 2. The Balaban J connectivity index is 1.73. The molecule has 0 aliphatic heterocycles. The van der Waals surface area contributed by atoms with E-state index in [0.717, 1.165) is 10.9 Å². The van der Waals surface area contributed by atoms with Crippen molar-refractivity contribution in [3.05, 3.63) is 70.3 Å². The Labute approximate surface area is 142 Å². The SMILES string of the molecule is CCc1cc(=O)oc2cc(OC(=O)COc3ccccc3F)ccc12. The smallest absolute Gasteiger partial charge is 0.349 e. The largest absolute Gasteiger partial charge is 0.479 e. The lowest BCUT2D eigenvalue weighted by Crippen LogP contribution is -2.18. The predicted octanol–water partition coefficient (Wildman–Crippen LogP) is 3.48. The molecule has 0 saturated heterocycles. The van der Waals surface area contributed by atoms with Gasteiger partial charge in [-0.3, -0.25) is 0 Å². The third kappa shape index (κ3) is 3.85. The molecular weight excluding hydrogens is 327 g/mol. The van der Waals surface area contributed by atoms with Gasteiger partial charge in [0.1, 0.15) is 11.3 Å². The van der Waals surface area contributed by atoms with Crippen LogP contribution in [0.5, 0.6) is 11.5 Å². The van der Waals surface area contributed by atoms with E-state index in [2.05, 4.69) is 0 Å².